The summed E-state index contributed by atoms with van der Waals surface area (Å²) in [7, 11) is 0. The van der Waals surface area contributed by atoms with Crippen molar-refractivity contribution in [2.45, 2.75) is 57.5 Å². The molecule has 80 heavy (non-hydrogen) atoms. The fraction of sp³-hybridized carbons (Fsp3) is 0.589. The van der Waals surface area contributed by atoms with Gasteiger partial charge in [-0.1, -0.05) is 19.1 Å². The average molecular weight is 1120 g/mol. The minimum Gasteiger partial charge on any atom is -0.491 e. The van der Waals surface area contributed by atoms with Crippen LogP contribution in [0.5, 0.6) is 5.75 Å². The number of hydrogen-bond acceptors (Lipinski definition) is 18. The number of benzene rings is 3. The molecule has 3 atom stereocenters. The maximum absolute atomic E-state index is 13.6. The van der Waals surface area contributed by atoms with Crippen LogP contribution in [0, 0.1) is 39.0 Å². The van der Waals surface area contributed by atoms with E-state index in [0.717, 1.165) is 55.9 Å². The zero-order valence-electron chi connectivity index (χ0n) is 46.0. The molecule has 3 amide bonds. The lowest BCUT2D eigenvalue weighted by Gasteiger charge is -2.46. The lowest BCUT2D eigenvalue weighted by molar-refractivity contribution is -0.393. The third-order valence-electron chi connectivity index (χ3n) is 14.9. The number of piperidine rings is 2. The van der Waals surface area contributed by atoms with E-state index in [1.807, 2.05) is 29.2 Å². The number of nitro benzene ring substituents is 2. The maximum Gasteiger partial charge on any atom is 0.299 e. The SMILES string of the molecule is Cc1ccc2c(c1)NC[C@]21CCN(C[C@@H](O)C2CCN(C(=O)c3cc4cc(OCCOCCOCCOCCNC(=O)CCC(=O)NCCOCCOCCOCCNc5ccc([N+](=O)[O-])cc5[N+](=O)[O-])ccc4[nH]3)CC2)C[C@H]1C. The molecule has 6 N–H and O–H groups in total. The predicted molar refractivity (Wildman–Crippen MR) is 298 cm³/mol. The van der Waals surface area contributed by atoms with Crippen LogP contribution in [0.25, 0.3) is 10.9 Å². The second-order valence-corrected chi connectivity index (χ2v) is 20.5. The quantitative estimate of drug-likeness (QED) is 0.0205. The van der Waals surface area contributed by atoms with Crippen LogP contribution in [0.4, 0.5) is 22.7 Å². The van der Waals surface area contributed by atoms with Crippen molar-refractivity contribution < 1.29 is 62.5 Å². The molecule has 24 heteroatoms. The van der Waals surface area contributed by atoms with Gasteiger partial charge in [-0.25, -0.2) is 0 Å². The van der Waals surface area contributed by atoms with Gasteiger partial charge in [0.1, 0.15) is 23.7 Å². The van der Waals surface area contributed by atoms with E-state index < -0.39 is 21.6 Å². The van der Waals surface area contributed by atoms with E-state index in [9.17, 15) is 39.7 Å². The highest BCUT2D eigenvalue weighted by molar-refractivity contribution is 5.98. The number of hydrogen-bond donors (Lipinski definition) is 6. The van der Waals surface area contributed by atoms with E-state index >= 15 is 0 Å². The lowest BCUT2D eigenvalue weighted by atomic mass is 9.67. The van der Waals surface area contributed by atoms with Crippen molar-refractivity contribution in [1.82, 2.24) is 25.4 Å². The summed E-state index contributed by atoms with van der Waals surface area (Å²) in [5.74, 6) is 0.757. The Hall–Kier alpha value is -6.51. The molecule has 0 radical (unpaired) electrons. The summed E-state index contributed by atoms with van der Waals surface area (Å²) in [6.45, 7) is 14.3. The number of likely N-dealkylation sites (tertiary alicyclic amines) is 2. The molecule has 24 nitrogen and oxygen atoms in total. The summed E-state index contributed by atoms with van der Waals surface area (Å²) < 4.78 is 39.0. The van der Waals surface area contributed by atoms with Crippen LogP contribution in [0.15, 0.2) is 60.7 Å². The second-order valence-electron chi connectivity index (χ2n) is 20.5. The number of fused-ring (bicyclic) bond motifs is 3. The van der Waals surface area contributed by atoms with Crippen LogP contribution in [-0.2, 0) is 43.4 Å². The fourth-order valence-electron chi connectivity index (χ4n) is 10.5. The van der Waals surface area contributed by atoms with Gasteiger partial charge in [0.05, 0.1) is 101 Å². The molecule has 0 bridgehead atoms. The Morgan fingerprint density at radius 2 is 1.35 bits per heavy atom. The van der Waals surface area contributed by atoms with Gasteiger partial charge in [-0.05, 0) is 92.1 Å². The molecule has 2 fully saturated rings. The minimum atomic E-state index is -0.696. The van der Waals surface area contributed by atoms with E-state index in [0.29, 0.717) is 110 Å². The number of aromatic nitrogens is 1. The number of nitrogens with zero attached hydrogens (tertiary/aromatic N) is 4. The van der Waals surface area contributed by atoms with E-state index in [-0.39, 0.29) is 86.2 Å². The first-order valence-electron chi connectivity index (χ1n) is 27.8. The number of nitro groups is 2. The number of aryl methyl sites for hydroxylation is 1. The number of amides is 3. The molecule has 0 aliphatic carbocycles. The highest BCUT2D eigenvalue weighted by Crippen LogP contribution is 2.47. The van der Waals surface area contributed by atoms with Crippen LogP contribution >= 0.6 is 0 Å². The van der Waals surface area contributed by atoms with Crippen LogP contribution < -0.4 is 26.0 Å². The number of rotatable bonds is 35. The van der Waals surface area contributed by atoms with Crippen molar-refractivity contribution >= 4 is 51.4 Å². The summed E-state index contributed by atoms with van der Waals surface area (Å²) in [5.41, 5.74) is 4.94. The van der Waals surface area contributed by atoms with Gasteiger partial charge < -0.3 is 74.3 Å². The maximum atomic E-state index is 13.6. The smallest absolute Gasteiger partial charge is 0.299 e. The molecular formula is C56H79N9O15. The summed E-state index contributed by atoms with van der Waals surface area (Å²) >= 11 is 0. The molecule has 0 saturated carbocycles. The highest BCUT2D eigenvalue weighted by atomic mass is 16.6. The predicted octanol–water partition coefficient (Wildman–Crippen LogP) is 4.81. The van der Waals surface area contributed by atoms with Gasteiger partial charge in [0, 0.05) is 93.3 Å². The van der Waals surface area contributed by atoms with Crippen molar-refractivity contribution in [2.75, 3.05) is 155 Å². The van der Waals surface area contributed by atoms with E-state index in [2.05, 4.69) is 63.2 Å². The van der Waals surface area contributed by atoms with E-state index in [1.54, 1.807) is 0 Å². The summed E-state index contributed by atoms with van der Waals surface area (Å²) in [5, 5.41) is 46.3. The Balaban J connectivity index is 0.620. The minimum absolute atomic E-state index is 0.0334. The van der Waals surface area contributed by atoms with E-state index in [4.69, 9.17) is 33.2 Å². The molecule has 7 rings (SSSR count). The Labute approximate surface area is 466 Å². The fourth-order valence-corrected chi connectivity index (χ4v) is 10.5. The largest absolute Gasteiger partial charge is 0.491 e. The van der Waals surface area contributed by atoms with Crippen molar-refractivity contribution in [3.8, 4) is 5.75 Å². The monoisotopic (exact) mass is 1120 g/mol. The number of carbonyl (C=O) groups is 3. The number of carbonyl (C=O) groups excluding carboxylic acids is 3. The summed E-state index contributed by atoms with van der Waals surface area (Å²) in [6, 6.07) is 17.7. The van der Waals surface area contributed by atoms with Crippen molar-refractivity contribution in [2.24, 2.45) is 11.8 Å². The molecule has 1 aromatic heterocycles. The first kappa shape index (κ1) is 61.1. The molecule has 1 spiro atoms. The first-order valence-corrected chi connectivity index (χ1v) is 27.8. The van der Waals surface area contributed by atoms with Crippen LogP contribution in [0.2, 0.25) is 0 Å². The summed E-state index contributed by atoms with van der Waals surface area (Å²) in [6.07, 6.45) is 2.29. The summed E-state index contributed by atoms with van der Waals surface area (Å²) in [4.78, 5) is 66.1. The standard InChI is InChI=1S/C56H79N9O15/c1-40-3-6-46-49(33-40)60-39-56(46)13-19-62(37-41(56)2)38-52(66)42-11-17-63(18-12-42)55(69)50-35-43-34-45(5-8-47(43)61-50)80-32-31-79-30-29-78-28-25-76-22-16-59-54(68)10-9-53(67)58-15-21-75-24-27-77-26-23-74-20-14-57-48-7-4-44(64(70)71)36-51(48)65(72)73/h3-8,33-36,41-42,52,57,60-61,66H,9-32,37-39H2,1-2H3,(H,58,67)(H,59,68)/t41-,52-,56+/m1/s1. The van der Waals surface area contributed by atoms with Crippen molar-refractivity contribution in [3.05, 3.63) is 97.7 Å². The molecule has 4 aromatic rings. The Morgan fingerprint density at radius 1 is 0.738 bits per heavy atom. The Kier molecular flexibility index (Phi) is 24.0. The van der Waals surface area contributed by atoms with Crippen molar-refractivity contribution in [3.63, 3.8) is 0 Å². The number of anilines is 2. The Bertz CT molecular complexity index is 2650. The van der Waals surface area contributed by atoms with Gasteiger partial charge in [-0.15, -0.1) is 0 Å². The number of aliphatic hydroxyl groups is 1. The zero-order chi connectivity index (χ0) is 56.7. The number of non-ortho nitro benzene ring substituents is 1. The van der Waals surface area contributed by atoms with Crippen LogP contribution in [0.3, 0.4) is 0 Å². The van der Waals surface area contributed by atoms with Gasteiger partial charge in [-0.3, -0.25) is 34.6 Å². The third-order valence-corrected chi connectivity index (χ3v) is 14.9. The number of β-amino-alcohol motifs (C(OH)–C–C–N with tert-alkyl or cyclic N) is 1. The van der Waals surface area contributed by atoms with Gasteiger partial charge in [0.25, 0.3) is 17.3 Å². The van der Waals surface area contributed by atoms with Crippen LogP contribution in [0.1, 0.15) is 60.6 Å². The second kappa shape index (κ2) is 31.5. The molecule has 438 valence electrons. The van der Waals surface area contributed by atoms with Crippen molar-refractivity contribution in [1.29, 1.82) is 0 Å². The third kappa shape index (κ3) is 18.3. The number of aliphatic hydroxyl groups excluding tert-OH is 1. The topological polar surface area (TPSA) is 293 Å². The molecule has 3 aromatic carbocycles. The number of H-pyrrole nitrogens is 1. The zero-order valence-corrected chi connectivity index (χ0v) is 46.0. The highest BCUT2D eigenvalue weighted by Gasteiger charge is 2.46. The number of ether oxygens (including phenoxy) is 7. The van der Waals surface area contributed by atoms with Gasteiger partial charge in [0.2, 0.25) is 11.8 Å². The molecule has 3 aliphatic rings. The van der Waals surface area contributed by atoms with Gasteiger partial charge in [-0.2, -0.15) is 0 Å². The molecule has 2 saturated heterocycles. The molecule has 3 aliphatic heterocycles. The number of aromatic amines is 1. The van der Waals surface area contributed by atoms with Gasteiger partial charge >= 0.3 is 0 Å². The lowest BCUT2D eigenvalue weighted by Crippen LogP contribution is -2.52. The Morgan fingerprint density at radius 3 is 1.96 bits per heavy atom. The van der Waals surface area contributed by atoms with Gasteiger partial charge in [0.15, 0.2) is 0 Å². The van der Waals surface area contributed by atoms with E-state index in [1.165, 1.54) is 28.9 Å². The first-order chi connectivity index (χ1) is 38.8. The number of nitrogens with one attached hydrogen (secondary N) is 5. The average Bonchev–Trinajstić information content (AvgIpc) is 4.13. The normalized spacial score (nSPS) is 17.7. The molecule has 0 unspecified atom stereocenters. The molecular weight excluding hydrogens is 1040 g/mol. The molecule has 4 heterocycles. The van der Waals surface area contributed by atoms with Crippen LogP contribution in [-0.4, -0.2) is 198 Å².